The van der Waals surface area contributed by atoms with E-state index in [2.05, 4.69) is 30.9 Å². The predicted molar refractivity (Wildman–Crippen MR) is 67.9 cm³/mol. The van der Waals surface area contributed by atoms with Crippen LogP contribution in [0.15, 0.2) is 40.2 Å². The highest BCUT2D eigenvalue weighted by atomic mass is 79.9. The first-order valence-electron chi connectivity index (χ1n) is 4.55. The van der Waals surface area contributed by atoms with Gasteiger partial charge in [0.15, 0.2) is 0 Å². The molecule has 2 N–H and O–H groups in total. The van der Waals surface area contributed by atoms with Crippen LogP contribution in [0.4, 0.5) is 5.82 Å². The number of rotatable bonds is 3. The standard InChI is InChI=1S/C10H9BrN4S/c11-7-1-2-10(15-3-7)16-6-8-4-14-9(12)5-13-8/h1-5H,6H2,(H2,12,14). The summed E-state index contributed by atoms with van der Waals surface area (Å²) in [5, 5.41) is 0.960. The van der Waals surface area contributed by atoms with Crippen LogP contribution in [0.3, 0.4) is 0 Å². The van der Waals surface area contributed by atoms with Gasteiger partial charge in [0.1, 0.15) is 5.82 Å². The maximum absolute atomic E-state index is 5.45. The second-order valence-electron chi connectivity index (χ2n) is 3.04. The predicted octanol–water partition coefficient (Wildman–Crippen LogP) is 2.51. The first-order chi connectivity index (χ1) is 7.74. The Hall–Kier alpha value is -1.14. The summed E-state index contributed by atoms with van der Waals surface area (Å²) < 4.78 is 0.976. The molecule has 0 atom stereocenters. The summed E-state index contributed by atoms with van der Waals surface area (Å²) in [7, 11) is 0. The van der Waals surface area contributed by atoms with E-state index in [1.165, 1.54) is 0 Å². The molecule has 16 heavy (non-hydrogen) atoms. The normalized spacial score (nSPS) is 10.3. The lowest BCUT2D eigenvalue weighted by molar-refractivity contribution is 1.09. The van der Waals surface area contributed by atoms with E-state index in [4.69, 9.17) is 5.73 Å². The average Bonchev–Trinajstić information content (AvgIpc) is 2.30. The molecule has 0 spiro atoms. The van der Waals surface area contributed by atoms with Crippen molar-refractivity contribution in [2.45, 2.75) is 10.8 Å². The first kappa shape index (κ1) is 11.3. The summed E-state index contributed by atoms with van der Waals surface area (Å²) in [6.07, 6.45) is 5.02. The molecule has 0 saturated carbocycles. The van der Waals surface area contributed by atoms with Gasteiger partial charge in [-0.15, -0.1) is 0 Å². The van der Waals surface area contributed by atoms with Crippen LogP contribution in [0.2, 0.25) is 0 Å². The van der Waals surface area contributed by atoms with Crippen LogP contribution < -0.4 is 5.73 Å². The maximum atomic E-state index is 5.45. The van der Waals surface area contributed by atoms with Gasteiger partial charge in [0, 0.05) is 16.4 Å². The molecule has 0 radical (unpaired) electrons. The summed E-state index contributed by atoms with van der Waals surface area (Å²) in [6.45, 7) is 0. The van der Waals surface area contributed by atoms with Gasteiger partial charge in [-0.3, -0.25) is 4.98 Å². The number of anilines is 1. The van der Waals surface area contributed by atoms with E-state index < -0.39 is 0 Å². The Kier molecular flexibility index (Phi) is 3.74. The summed E-state index contributed by atoms with van der Waals surface area (Å²) in [4.78, 5) is 12.4. The largest absolute Gasteiger partial charge is 0.382 e. The van der Waals surface area contributed by atoms with Gasteiger partial charge >= 0.3 is 0 Å². The second kappa shape index (κ2) is 5.27. The zero-order valence-electron chi connectivity index (χ0n) is 8.30. The molecule has 2 heterocycles. The monoisotopic (exact) mass is 296 g/mol. The minimum absolute atomic E-state index is 0.440. The Bertz CT molecular complexity index is 412. The van der Waals surface area contributed by atoms with Gasteiger partial charge in [-0.2, -0.15) is 0 Å². The van der Waals surface area contributed by atoms with E-state index >= 15 is 0 Å². The Morgan fingerprint density at radius 1 is 1.12 bits per heavy atom. The van der Waals surface area contributed by atoms with Crippen molar-refractivity contribution in [3.05, 3.63) is 40.9 Å². The fraction of sp³-hybridized carbons (Fsp3) is 0.100. The molecule has 0 bridgehead atoms. The molecule has 0 unspecified atom stereocenters. The zero-order valence-corrected chi connectivity index (χ0v) is 10.7. The lowest BCUT2D eigenvalue weighted by Gasteiger charge is -2.00. The number of aromatic nitrogens is 3. The van der Waals surface area contributed by atoms with E-state index in [1.54, 1.807) is 30.4 Å². The number of halogens is 1. The number of nitrogens with zero attached hydrogens (tertiary/aromatic N) is 3. The third-order valence-electron chi connectivity index (χ3n) is 1.79. The van der Waals surface area contributed by atoms with Crippen molar-refractivity contribution in [1.29, 1.82) is 0 Å². The fourth-order valence-electron chi connectivity index (χ4n) is 1.03. The molecule has 0 amide bonds. The van der Waals surface area contributed by atoms with Crippen LogP contribution in [0, 0.1) is 0 Å². The highest BCUT2D eigenvalue weighted by Gasteiger charge is 1.99. The summed E-state index contributed by atoms with van der Waals surface area (Å²) in [5.74, 6) is 1.18. The van der Waals surface area contributed by atoms with Crippen LogP contribution in [-0.4, -0.2) is 15.0 Å². The summed E-state index contributed by atoms with van der Waals surface area (Å²) in [6, 6.07) is 3.92. The van der Waals surface area contributed by atoms with Crippen LogP contribution in [0.25, 0.3) is 0 Å². The minimum Gasteiger partial charge on any atom is -0.382 e. The third-order valence-corrected chi connectivity index (χ3v) is 3.24. The molecule has 82 valence electrons. The van der Waals surface area contributed by atoms with E-state index in [1.807, 2.05) is 12.1 Å². The Morgan fingerprint density at radius 3 is 2.62 bits per heavy atom. The van der Waals surface area contributed by atoms with Crippen LogP contribution in [0.5, 0.6) is 0 Å². The molecule has 0 aliphatic rings. The molecule has 6 heteroatoms. The molecule has 0 aromatic carbocycles. The van der Waals surface area contributed by atoms with Gasteiger partial charge in [-0.25, -0.2) is 9.97 Å². The van der Waals surface area contributed by atoms with Crippen molar-refractivity contribution in [1.82, 2.24) is 15.0 Å². The number of hydrogen-bond acceptors (Lipinski definition) is 5. The molecule has 2 rings (SSSR count). The third kappa shape index (κ3) is 3.18. The molecule has 0 saturated heterocycles. The van der Waals surface area contributed by atoms with Crippen molar-refractivity contribution in [2.75, 3.05) is 5.73 Å². The first-order valence-corrected chi connectivity index (χ1v) is 6.32. The molecule has 0 aliphatic carbocycles. The molecule has 2 aromatic rings. The van der Waals surface area contributed by atoms with E-state index in [0.717, 1.165) is 20.9 Å². The van der Waals surface area contributed by atoms with Crippen molar-refractivity contribution >= 4 is 33.5 Å². The Balaban J connectivity index is 1.97. The highest BCUT2D eigenvalue weighted by molar-refractivity contribution is 9.10. The lowest BCUT2D eigenvalue weighted by atomic mass is 10.5. The van der Waals surface area contributed by atoms with Crippen molar-refractivity contribution in [3.63, 3.8) is 0 Å². The van der Waals surface area contributed by atoms with Gasteiger partial charge in [-0.05, 0) is 28.1 Å². The number of nitrogen functional groups attached to an aromatic ring is 1. The van der Waals surface area contributed by atoms with Crippen molar-refractivity contribution < 1.29 is 0 Å². The molecule has 4 nitrogen and oxygen atoms in total. The average molecular weight is 297 g/mol. The van der Waals surface area contributed by atoms with E-state index in [0.29, 0.717) is 5.82 Å². The SMILES string of the molecule is Nc1cnc(CSc2ccc(Br)cn2)cn1. The van der Waals surface area contributed by atoms with E-state index in [-0.39, 0.29) is 0 Å². The number of nitrogens with two attached hydrogens (primary N) is 1. The topological polar surface area (TPSA) is 64.7 Å². The number of pyridine rings is 1. The molecule has 0 fully saturated rings. The Labute approximate surface area is 106 Å². The molecule has 0 aliphatic heterocycles. The number of thioether (sulfide) groups is 1. The van der Waals surface area contributed by atoms with Gasteiger partial charge in [-0.1, -0.05) is 11.8 Å². The molecular weight excluding hydrogens is 288 g/mol. The highest BCUT2D eigenvalue weighted by Crippen LogP contribution is 2.20. The van der Waals surface area contributed by atoms with Gasteiger partial charge < -0.3 is 5.73 Å². The molecular formula is C10H9BrN4S. The Morgan fingerprint density at radius 2 is 2.00 bits per heavy atom. The van der Waals surface area contributed by atoms with Gasteiger partial charge in [0.05, 0.1) is 23.1 Å². The van der Waals surface area contributed by atoms with Crippen molar-refractivity contribution in [2.24, 2.45) is 0 Å². The maximum Gasteiger partial charge on any atom is 0.141 e. The van der Waals surface area contributed by atoms with Crippen LogP contribution >= 0.6 is 27.7 Å². The smallest absolute Gasteiger partial charge is 0.141 e. The van der Waals surface area contributed by atoms with E-state index in [9.17, 15) is 0 Å². The van der Waals surface area contributed by atoms with Crippen LogP contribution in [0.1, 0.15) is 5.69 Å². The zero-order chi connectivity index (χ0) is 11.4. The fourth-order valence-corrected chi connectivity index (χ4v) is 2.01. The minimum atomic E-state index is 0.440. The number of hydrogen-bond donors (Lipinski definition) is 1. The molecule has 2 aromatic heterocycles. The quantitative estimate of drug-likeness (QED) is 0.882. The van der Waals surface area contributed by atoms with Crippen molar-refractivity contribution in [3.8, 4) is 0 Å². The van der Waals surface area contributed by atoms with Gasteiger partial charge in [0.25, 0.3) is 0 Å². The second-order valence-corrected chi connectivity index (χ2v) is 4.95. The van der Waals surface area contributed by atoms with Gasteiger partial charge in [0.2, 0.25) is 0 Å². The summed E-state index contributed by atoms with van der Waals surface area (Å²) >= 11 is 4.95. The van der Waals surface area contributed by atoms with Crippen LogP contribution in [-0.2, 0) is 5.75 Å². The lowest BCUT2D eigenvalue weighted by Crippen LogP contribution is -1.94. The summed E-state index contributed by atoms with van der Waals surface area (Å²) in [5.41, 5.74) is 6.35.